The minimum absolute atomic E-state index is 0.191. The molecule has 1 aromatic heterocycles. The number of furan rings is 1. The molecule has 28 heavy (non-hydrogen) atoms. The highest BCUT2D eigenvalue weighted by Gasteiger charge is 2.33. The molecule has 4 heteroatoms. The molecule has 2 rings (SSSR count). The molecule has 0 amide bonds. The average Bonchev–Trinajstić information content (AvgIpc) is 3.20. The van der Waals surface area contributed by atoms with E-state index in [1.165, 1.54) is 30.6 Å². The minimum Gasteiger partial charge on any atom is -0.474 e. The van der Waals surface area contributed by atoms with Crippen molar-refractivity contribution in [1.82, 2.24) is 0 Å². The van der Waals surface area contributed by atoms with Crippen LogP contribution in [-0.4, -0.2) is 14.0 Å². The van der Waals surface area contributed by atoms with E-state index in [-0.39, 0.29) is 12.1 Å². The highest BCUT2D eigenvalue weighted by atomic mass is 28.3. The normalized spacial score (nSPS) is 12.7. The first-order valence-corrected chi connectivity index (χ1v) is 13.5. The Bertz CT molecular complexity index is 695. The summed E-state index contributed by atoms with van der Waals surface area (Å²) in [5, 5.41) is 1.16. The highest BCUT2D eigenvalue weighted by molar-refractivity contribution is 6.90. The number of hydrogen-bond acceptors (Lipinski definition) is 3. The van der Waals surface area contributed by atoms with Gasteiger partial charge in [0.15, 0.2) is 0 Å². The van der Waals surface area contributed by atoms with Gasteiger partial charge in [-0.15, -0.1) is 0 Å². The van der Waals surface area contributed by atoms with E-state index in [2.05, 4.69) is 57.2 Å². The molecule has 1 atom stereocenters. The third kappa shape index (κ3) is 6.10. The fourth-order valence-electron chi connectivity index (χ4n) is 4.04. The van der Waals surface area contributed by atoms with Crippen molar-refractivity contribution < 1.29 is 13.9 Å². The highest BCUT2D eigenvalue weighted by Crippen LogP contribution is 2.27. The van der Waals surface area contributed by atoms with Crippen molar-refractivity contribution in [1.29, 1.82) is 0 Å². The van der Waals surface area contributed by atoms with E-state index in [4.69, 9.17) is 9.15 Å². The van der Waals surface area contributed by atoms with E-state index in [0.717, 1.165) is 43.1 Å². The van der Waals surface area contributed by atoms with Crippen molar-refractivity contribution in [2.75, 3.05) is 0 Å². The Hall–Kier alpha value is -1.81. The number of ether oxygens (including phenoxy) is 1. The second-order valence-electron chi connectivity index (χ2n) is 7.77. The van der Waals surface area contributed by atoms with Crippen LogP contribution < -0.4 is 5.38 Å². The lowest BCUT2D eigenvalue weighted by molar-refractivity contribution is -0.147. The quantitative estimate of drug-likeness (QED) is 0.235. The Morgan fingerprint density at radius 2 is 1.71 bits per heavy atom. The van der Waals surface area contributed by atoms with E-state index in [9.17, 15) is 4.79 Å². The lowest BCUT2D eigenvalue weighted by atomic mass is 10.0. The van der Waals surface area contributed by atoms with Gasteiger partial charge in [-0.2, -0.15) is 0 Å². The standard InChI is InChI=1S/C24H36O3Si/c1-5-28(6-2,7-3)24-18-22(19-26-24)23(27-20(4)25)17-13-9-12-16-21-14-10-8-11-15-21/h8,10-11,14-15,18-19,23H,5-7,9,12-13,16-17H2,1-4H3. The summed E-state index contributed by atoms with van der Waals surface area (Å²) in [6.07, 6.45) is 6.93. The predicted octanol–water partition coefficient (Wildman–Crippen LogP) is 6.40. The third-order valence-corrected chi connectivity index (χ3v) is 11.5. The number of carbonyl (C=O) groups excluding carboxylic acids is 1. The van der Waals surface area contributed by atoms with Gasteiger partial charge < -0.3 is 9.15 Å². The summed E-state index contributed by atoms with van der Waals surface area (Å²) in [5.74, 6) is -0.220. The van der Waals surface area contributed by atoms with Crippen molar-refractivity contribution in [3.63, 3.8) is 0 Å². The molecule has 0 bridgehead atoms. The van der Waals surface area contributed by atoms with Crippen LogP contribution in [0, 0.1) is 0 Å². The molecule has 0 aliphatic heterocycles. The zero-order valence-corrected chi connectivity index (χ0v) is 19.0. The van der Waals surface area contributed by atoms with Crippen molar-refractivity contribution in [3.05, 3.63) is 53.8 Å². The first kappa shape index (κ1) is 22.5. The summed E-state index contributed by atoms with van der Waals surface area (Å²) < 4.78 is 11.7. The number of aryl methyl sites for hydroxylation is 1. The fourth-order valence-corrected chi connectivity index (χ4v) is 7.37. The molecular weight excluding hydrogens is 364 g/mol. The lowest BCUT2D eigenvalue weighted by Crippen LogP contribution is -2.44. The van der Waals surface area contributed by atoms with Gasteiger partial charge in [-0.3, -0.25) is 4.79 Å². The molecule has 0 spiro atoms. The summed E-state index contributed by atoms with van der Waals surface area (Å²) in [7, 11) is -1.55. The smallest absolute Gasteiger partial charge is 0.303 e. The molecule has 154 valence electrons. The van der Waals surface area contributed by atoms with Gasteiger partial charge in [0.25, 0.3) is 0 Å². The van der Waals surface area contributed by atoms with E-state index in [0.29, 0.717) is 0 Å². The first-order valence-electron chi connectivity index (χ1n) is 10.8. The van der Waals surface area contributed by atoms with Crippen LogP contribution in [0.2, 0.25) is 18.1 Å². The summed E-state index contributed by atoms with van der Waals surface area (Å²) in [4.78, 5) is 11.6. The Labute approximate surface area is 171 Å². The maximum absolute atomic E-state index is 11.6. The van der Waals surface area contributed by atoms with Crippen LogP contribution in [0.3, 0.4) is 0 Å². The number of benzene rings is 1. The molecular formula is C24H36O3Si. The molecule has 0 fully saturated rings. The van der Waals surface area contributed by atoms with Crippen LogP contribution in [0.25, 0.3) is 0 Å². The van der Waals surface area contributed by atoms with Crippen LogP contribution in [-0.2, 0) is 16.0 Å². The molecule has 0 saturated heterocycles. The first-order chi connectivity index (χ1) is 13.5. The van der Waals surface area contributed by atoms with Gasteiger partial charge in [0.05, 0.1) is 11.6 Å². The van der Waals surface area contributed by atoms with Gasteiger partial charge in [-0.05, 0) is 37.3 Å². The van der Waals surface area contributed by atoms with Crippen LogP contribution in [0.4, 0.5) is 0 Å². The Kier molecular flexibility index (Phi) is 9.03. The molecule has 0 aliphatic carbocycles. The van der Waals surface area contributed by atoms with E-state index < -0.39 is 8.07 Å². The van der Waals surface area contributed by atoms with E-state index >= 15 is 0 Å². The van der Waals surface area contributed by atoms with E-state index in [1.54, 1.807) is 0 Å². The lowest BCUT2D eigenvalue weighted by Gasteiger charge is -2.24. The summed E-state index contributed by atoms with van der Waals surface area (Å²) >= 11 is 0. The van der Waals surface area contributed by atoms with Gasteiger partial charge >= 0.3 is 5.97 Å². The minimum atomic E-state index is -1.55. The Morgan fingerprint density at radius 3 is 2.32 bits per heavy atom. The number of unbranched alkanes of at least 4 members (excludes halogenated alkanes) is 2. The molecule has 0 radical (unpaired) electrons. The van der Waals surface area contributed by atoms with E-state index in [1.807, 2.05) is 6.26 Å². The van der Waals surface area contributed by atoms with Gasteiger partial charge in [0.2, 0.25) is 0 Å². The molecule has 0 N–H and O–H groups in total. The summed E-state index contributed by atoms with van der Waals surface area (Å²) in [6.45, 7) is 8.32. The number of rotatable bonds is 12. The average molecular weight is 401 g/mol. The topological polar surface area (TPSA) is 39.4 Å². The van der Waals surface area contributed by atoms with Crippen molar-refractivity contribution >= 4 is 19.4 Å². The van der Waals surface area contributed by atoms with Crippen LogP contribution in [0.15, 0.2) is 47.1 Å². The Balaban J connectivity index is 1.95. The second kappa shape index (κ2) is 11.3. The summed E-state index contributed by atoms with van der Waals surface area (Å²) in [5.41, 5.74) is 2.42. The molecule has 1 unspecified atom stereocenters. The van der Waals surface area contributed by atoms with Crippen molar-refractivity contribution in [2.24, 2.45) is 0 Å². The fraction of sp³-hybridized carbons (Fsp3) is 0.542. The molecule has 3 nitrogen and oxygen atoms in total. The predicted molar refractivity (Wildman–Crippen MR) is 119 cm³/mol. The monoisotopic (exact) mass is 400 g/mol. The Morgan fingerprint density at radius 1 is 1.04 bits per heavy atom. The maximum atomic E-state index is 11.6. The zero-order chi connectivity index (χ0) is 20.4. The van der Waals surface area contributed by atoms with Gasteiger partial charge in [0.1, 0.15) is 14.2 Å². The second-order valence-corrected chi connectivity index (χ2v) is 12.9. The van der Waals surface area contributed by atoms with Crippen LogP contribution in [0.5, 0.6) is 0 Å². The molecule has 1 heterocycles. The zero-order valence-electron chi connectivity index (χ0n) is 18.0. The van der Waals surface area contributed by atoms with Crippen molar-refractivity contribution in [2.45, 2.75) is 84.0 Å². The maximum Gasteiger partial charge on any atom is 0.303 e. The van der Waals surface area contributed by atoms with Gasteiger partial charge in [-0.1, -0.05) is 75.7 Å². The molecule has 0 saturated carbocycles. The summed E-state index contributed by atoms with van der Waals surface area (Å²) in [6, 6.07) is 16.3. The molecule has 2 aromatic rings. The molecule has 1 aromatic carbocycles. The SMILES string of the molecule is CC[Si](CC)(CC)c1cc(C(CCCCCc2ccccc2)OC(C)=O)co1. The molecule has 0 aliphatic rings. The van der Waals surface area contributed by atoms with Crippen molar-refractivity contribution in [3.8, 4) is 0 Å². The number of esters is 1. The van der Waals surface area contributed by atoms with Gasteiger partial charge in [0, 0.05) is 12.5 Å². The third-order valence-electron chi connectivity index (χ3n) is 6.13. The number of carbonyl (C=O) groups is 1. The van der Waals surface area contributed by atoms with Crippen LogP contribution >= 0.6 is 0 Å². The van der Waals surface area contributed by atoms with Gasteiger partial charge in [-0.25, -0.2) is 0 Å². The number of hydrogen-bond donors (Lipinski definition) is 0. The van der Waals surface area contributed by atoms with Crippen LogP contribution in [0.1, 0.15) is 70.6 Å². The largest absolute Gasteiger partial charge is 0.474 e.